The molecule has 1 fully saturated rings. The third-order valence-electron chi connectivity index (χ3n) is 4.21. The molecule has 1 saturated heterocycles. The summed E-state index contributed by atoms with van der Waals surface area (Å²) < 4.78 is 49.4. The van der Waals surface area contributed by atoms with E-state index in [1.165, 1.54) is 12.1 Å². The summed E-state index contributed by atoms with van der Waals surface area (Å²) in [7, 11) is 0. The lowest BCUT2D eigenvalue weighted by Gasteiger charge is -2.32. The van der Waals surface area contributed by atoms with Gasteiger partial charge in [-0.15, -0.1) is 0 Å². The van der Waals surface area contributed by atoms with E-state index in [2.05, 4.69) is 11.5 Å². The molecule has 1 heterocycles. The molecule has 6 heteroatoms. The van der Waals surface area contributed by atoms with Crippen LogP contribution in [0, 0.1) is 0 Å². The van der Waals surface area contributed by atoms with Crippen molar-refractivity contribution < 1.29 is 22.6 Å². The Balaban J connectivity index is 2.03. The molecule has 1 aromatic carbocycles. The Kier molecular flexibility index (Phi) is 7.43. The zero-order valence-corrected chi connectivity index (χ0v) is 15.3. The number of allylic oxidation sites excluding steroid dienone is 1. The number of ether oxygens (including phenoxy) is 2. The molecule has 0 N–H and O–H groups in total. The molecule has 26 heavy (non-hydrogen) atoms. The van der Waals surface area contributed by atoms with Crippen molar-refractivity contribution in [3.05, 3.63) is 53.1 Å². The summed E-state index contributed by atoms with van der Waals surface area (Å²) in [5.41, 5.74) is 2.04. The summed E-state index contributed by atoms with van der Waals surface area (Å²) in [5.74, 6) is 0. The van der Waals surface area contributed by atoms with E-state index in [4.69, 9.17) is 9.47 Å². The van der Waals surface area contributed by atoms with Crippen LogP contribution in [0.25, 0.3) is 6.08 Å². The molecule has 0 aromatic heterocycles. The van der Waals surface area contributed by atoms with E-state index in [1.807, 2.05) is 19.9 Å². The van der Waals surface area contributed by atoms with Gasteiger partial charge in [0.2, 0.25) is 0 Å². The summed E-state index contributed by atoms with van der Waals surface area (Å²) in [6.45, 7) is 11.3. The highest BCUT2D eigenvalue weighted by Gasteiger charge is 2.29. The molecule has 0 radical (unpaired) electrons. The zero-order valence-electron chi connectivity index (χ0n) is 15.3. The first-order valence-corrected chi connectivity index (χ1v) is 8.70. The number of hydrogen-bond acceptors (Lipinski definition) is 3. The standard InChI is InChI=1S/C20H26F3NO2/c1-15(2)12-18(14-26-16(3)24-8-10-25-11-9-24)13-17-4-6-19(7-5-17)20(21,22)23/h4-7,13,16H,1,8-12,14H2,2-3H3/b18-13+. The highest BCUT2D eigenvalue weighted by Crippen LogP contribution is 2.29. The van der Waals surface area contributed by atoms with Crippen molar-refractivity contribution >= 4 is 6.08 Å². The average molecular weight is 369 g/mol. The summed E-state index contributed by atoms with van der Waals surface area (Å²) in [4.78, 5) is 2.21. The highest BCUT2D eigenvalue weighted by molar-refractivity contribution is 5.54. The van der Waals surface area contributed by atoms with Crippen LogP contribution in [0.4, 0.5) is 13.2 Å². The van der Waals surface area contributed by atoms with Gasteiger partial charge in [-0.2, -0.15) is 13.2 Å². The highest BCUT2D eigenvalue weighted by atomic mass is 19.4. The monoisotopic (exact) mass is 369 g/mol. The summed E-state index contributed by atoms with van der Waals surface area (Å²) in [6, 6.07) is 5.15. The minimum Gasteiger partial charge on any atom is -0.379 e. The van der Waals surface area contributed by atoms with Gasteiger partial charge in [0.25, 0.3) is 0 Å². The van der Waals surface area contributed by atoms with Crippen molar-refractivity contribution in [2.45, 2.75) is 32.7 Å². The van der Waals surface area contributed by atoms with E-state index in [-0.39, 0.29) is 6.23 Å². The molecule has 1 unspecified atom stereocenters. The molecule has 0 spiro atoms. The van der Waals surface area contributed by atoms with Crippen molar-refractivity contribution in [1.29, 1.82) is 0 Å². The Bertz CT molecular complexity index is 617. The number of halogens is 3. The largest absolute Gasteiger partial charge is 0.416 e. The van der Waals surface area contributed by atoms with Crippen LogP contribution < -0.4 is 0 Å². The molecule has 2 rings (SSSR count). The quantitative estimate of drug-likeness (QED) is 0.648. The molecule has 3 nitrogen and oxygen atoms in total. The van der Waals surface area contributed by atoms with Gasteiger partial charge in [0.05, 0.1) is 25.4 Å². The number of nitrogens with zero attached hydrogens (tertiary/aromatic N) is 1. The number of rotatable bonds is 7. The van der Waals surface area contributed by atoms with Crippen LogP contribution in [0.1, 0.15) is 31.4 Å². The number of morpholine rings is 1. The molecule has 1 aliphatic heterocycles. The van der Waals surface area contributed by atoms with Gasteiger partial charge in [-0.05, 0) is 43.5 Å². The number of benzene rings is 1. The van der Waals surface area contributed by atoms with Crippen molar-refractivity contribution in [3.8, 4) is 0 Å². The Morgan fingerprint density at radius 1 is 1.27 bits per heavy atom. The van der Waals surface area contributed by atoms with Crippen molar-refractivity contribution in [2.24, 2.45) is 0 Å². The van der Waals surface area contributed by atoms with Crippen LogP contribution in [0.3, 0.4) is 0 Å². The van der Waals surface area contributed by atoms with Gasteiger partial charge >= 0.3 is 6.18 Å². The normalized spacial score (nSPS) is 18.0. The van der Waals surface area contributed by atoms with E-state index >= 15 is 0 Å². The predicted molar refractivity (Wildman–Crippen MR) is 96.7 cm³/mol. The van der Waals surface area contributed by atoms with Gasteiger partial charge in [0.15, 0.2) is 0 Å². The van der Waals surface area contributed by atoms with Gasteiger partial charge in [0, 0.05) is 13.1 Å². The van der Waals surface area contributed by atoms with E-state index < -0.39 is 11.7 Å². The van der Waals surface area contributed by atoms with Crippen LogP contribution in [0.2, 0.25) is 0 Å². The lowest BCUT2D eigenvalue weighted by Crippen LogP contribution is -2.43. The maximum atomic E-state index is 12.7. The van der Waals surface area contributed by atoms with E-state index in [9.17, 15) is 13.2 Å². The molecule has 1 atom stereocenters. The Hall–Kier alpha value is -1.63. The Morgan fingerprint density at radius 3 is 2.42 bits per heavy atom. The topological polar surface area (TPSA) is 21.7 Å². The van der Waals surface area contributed by atoms with Crippen LogP contribution in [0.15, 0.2) is 42.0 Å². The van der Waals surface area contributed by atoms with E-state index in [1.54, 1.807) is 0 Å². The first-order valence-electron chi connectivity index (χ1n) is 8.70. The smallest absolute Gasteiger partial charge is 0.379 e. The molecule has 144 valence electrons. The van der Waals surface area contributed by atoms with E-state index in [0.717, 1.165) is 41.9 Å². The average Bonchev–Trinajstić information content (AvgIpc) is 2.59. The number of alkyl halides is 3. The van der Waals surface area contributed by atoms with Crippen LogP contribution in [-0.2, 0) is 15.7 Å². The maximum Gasteiger partial charge on any atom is 0.416 e. The van der Waals surface area contributed by atoms with Crippen LogP contribution in [-0.4, -0.2) is 44.0 Å². The predicted octanol–water partition coefficient (Wildman–Crippen LogP) is 4.75. The summed E-state index contributed by atoms with van der Waals surface area (Å²) in [6.07, 6.45) is -1.84. The third kappa shape index (κ3) is 6.59. The van der Waals surface area contributed by atoms with Crippen molar-refractivity contribution in [2.75, 3.05) is 32.9 Å². The lowest BCUT2D eigenvalue weighted by molar-refractivity contribution is -0.137. The van der Waals surface area contributed by atoms with Gasteiger partial charge in [-0.3, -0.25) is 4.90 Å². The minimum atomic E-state index is -4.32. The molecule has 0 saturated carbocycles. The second kappa shape index (κ2) is 9.35. The summed E-state index contributed by atoms with van der Waals surface area (Å²) >= 11 is 0. The lowest BCUT2D eigenvalue weighted by atomic mass is 10.0. The maximum absolute atomic E-state index is 12.7. The molecule has 1 aromatic rings. The second-order valence-corrected chi connectivity index (χ2v) is 6.61. The minimum absolute atomic E-state index is 0.0416. The van der Waals surface area contributed by atoms with Crippen molar-refractivity contribution in [1.82, 2.24) is 4.90 Å². The van der Waals surface area contributed by atoms with Gasteiger partial charge in [-0.25, -0.2) is 0 Å². The van der Waals surface area contributed by atoms with E-state index in [0.29, 0.717) is 26.2 Å². The Morgan fingerprint density at radius 2 is 1.88 bits per heavy atom. The van der Waals surface area contributed by atoms with Crippen LogP contribution >= 0.6 is 0 Å². The summed E-state index contributed by atoms with van der Waals surface area (Å²) in [5, 5.41) is 0. The second-order valence-electron chi connectivity index (χ2n) is 6.61. The SMILES string of the molecule is C=C(C)C/C(=C\c1ccc(C(F)(F)F)cc1)COC(C)N1CCOCC1. The fraction of sp³-hybridized carbons (Fsp3) is 0.500. The first kappa shape index (κ1) is 20.7. The molecular formula is C20H26F3NO2. The van der Waals surface area contributed by atoms with Crippen LogP contribution in [0.5, 0.6) is 0 Å². The van der Waals surface area contributed by atoms with Crippen molar-refractivity contribution in [3.63, 3.8) is 0 Å². The van der Waals surface area contributed by atoms with Gasteiger partial charge < -0.3 is 9.47 Å². The molecule has 1 aliphatic rings. The van der Waals surface area contributed by atoms with Gasteiger partial charge in [0.1, 0.15) is 6.23 Å². The molecule has 0 aliphatic carbocycles. The number of hydrogen-bond donors (Lipinski definition) is 0. The first-order chi connectivity index (χ1) is 12.3. The molecular weight excluding hydrogens is 343 g/mol. The fourth-order valence-electron chi connectivity index (χ4n) is 2.81. The Labute approximate surface area is 153 Å². The molecule has 0 bridgehead atoms. The third-order valence-corrected chi connectivity index (χ3v) is 4.21. The fourth-order valence-corrected chi connectivity index (χ4v) is 2.81. The zero-order chi connectivity index (χ0) is 19.2. The molecule has 0 amide bonds. The van der Waals surface area contributed by atoms with Gasteiger partial charge in [-0.1, -0.05) is 30.4 Å².